The predicted octanol–water partition coefficient (Wildman–Crippen LogP) is 3.70. The lowest BCUT2D eigenvalue weighted by atomic mass is 10.1. The summed E-state index contributed by atoms with van der Waals surface area (Å²) in [6.45, 7) is 0. The summed E-state index contributed by atoms with van der Waals surface area (Å²) in [7, 11) is 0. The highest BCUT2D eigenvalue weighted by Gasteiger charge is 2.12. The number of hydrogen-bond acceptors (Lipinski definition) is 4. The molecule has 0 atom stereocenters. The summed E-state index contributed by atoms with van der Waals surface area (Å²) in [5.74, 6) is -0.400. The molecule has 6 nitrogen and oxygen atoms in total. The molecule has 4 aromatic rings. The molecule has 2 heterocycles. The quantitative estimate of drug-likeness (QED) is 0.420. The molecule has 118 valence electrons. The van der Waals surface area contributed by atoms with Gasteiger partial charge in [-0.2, -0.15) is 0 Å². The number of carbonyl (C=O) groups excluding carboxylic acids is 1. The number of aromatic amines is 2. The van der Waals surface area contributed by atoms with Crippen molar-refractivity contribution in [3.05, 3.63) is 64.4 Å². The predicted molar refractivity (Wildman–Crippen MR) is 93.5 cm³/mol. The number of amides is 1. The van der Waals surface area contributed by atoms with Crippen LogP contribution in [0.15, 0.2) is 52.9 Å². The SMILES string of the molecule is N=c1oc2ccccc2cc1C(=O)Nc1ccc2[nH]c(=S)[nH]c2c1. The number of aromatic nitrogens is 2. The number of rotatable bonds is 2. The molecule has 0 spiro atoms. The maximum atomic E-state index is 12.5. The van der Waals surface area contributed by atoms with Gasteiger partial charge in [-0.15, -0.1) is 0 Å². The molecule has 0 bridgehead atoms. The van der Waals surface area contributed by atoms with E-state index in [0.29, 0.717) is 16.0 Å². The van der Waals surface area contributed by atoms with Gasteiger partial charge in [0.1, 0.15) is 11.1 Å². The maximum absolute atomic E-state index is 12.5. The average Bonchev–Trinajstić information content (AvgIpc) is 2.93. The van der Waals surface area contributed by atoms with Crippen molar-refractivity contribution in [2.75, 3.05) is 5.32 Å². The van der Waals surface area contributed by atoms with Crippen molar-refractivity contribution in [3.63, 3.8) is 0 Å². The second kappa shape index (κ2) is 5.47. The van der Waals surface area contributed by atoms with Crippen molar-refractivity contribution in [2.45, 2.75) is 0 Å². The Labute approximate surface area is 140 Å². The van der Waals surface area contributed by atoms with E-state index < -0.39 is 5.91 Å². The zero-order chi connectivity index (χ0) is 16.7. The Bertz CT molecular complexity index is 1200. The van der Waals surface area contributed by atoms with Gasteiger partial charge in [-0.1, -0.05) is 18.2 Å². The van der Waals surface area contributed by atoms with Gasteiger partial charge < -0.3 is 19.7 Å². The molecule has 0 aliphatic heterocycles. The molecule has 2 aromatic heterocycles. The van der Waals surface area contributed by atoms with Crippen LogP contribution in [0.5, 0.6) is 0 Å². The second-order valence-electron chi connectivity index (χ2n) is 5.32. The first-order chi connectivity index (χ1) is 11.6. The Kier molecular flexibility index (Phi) is 3.28. The van der Waals surface area contributed by atoms with Gasteiger partial charge in [0.15, 0.2) is 4.77 Å². The molecule has 0 aliphatic carbocycles. The Morgan fingerprint density at radius 2 is 1.88 bits per heavy atom. The molecule has 0 unspecified atom stereocenters. The van der Waals surface area contributed by atoms with Crippen LogP contribution in [0.25, 0.3) is 22.0 Å². The van der Waals surface area contributed by atoms with Gasteiger partial charge in [-0.3, -0.25) is 10.2 Å². The molecule has 24 heavy (non-hydrogen) atoms. The van der Waals surface area contributed by atoms with Crippen molar-refractivity contribution < 1.29 is 9.21 Å². The van der Waals surface area contributed by atoms with Gasteiger partial charge in [0, 0.05) is 11.1 Å². The van der Waals surface area contributed by atoms with Crippen LogP contribution in [0.1, 0.15) is 10.4 Å². The zero-order valence-electron chi connectivity index (χ0n) is 12.3. The number of H-pyrrole nitrogens is 2. The smallest absolute Gasteiger partial charge is 0.261 e. The van der Waals surface area contributed by atoms with E-state index in [4.69, 9.17) is 22.0 Å². The van der Waals surface area contributed by atoms with Crippen LogP contribution in [0.2, 0.25) is 0 Å². The van der Waals surface area contributed by atoms with E-state index in [9.17, 15) is 4.79 Å². The van der Waals surface area contributed by atoms with Gasteiger partial charge in [-0.05, 0) is 42.5 Å². The molecule has 4 rings (SSSR count). The third kappa shape index (κ3) is 2.50. The Morgan fingerprint density at radius 3 is 2.75 bits per heavy atom. The monoisotopic (exact) mass is 336 g/mol. The number of carbonyl (C=O) groups is 1. The molecule has 7 heteroatoms. The minimum absolute atomic E-state index is 0.173. The molecule has 0 radical (unpaired) electrons. The highest BCUT2D eigenvalue weighted by molar-refractivity contribution is 7.71. The van der Waals surface area contributed by atoms with Crippen molar-refractivity contribution in [3.8, 4) is 0 Å². The molecule has 4 N–H and O–H groups in total. The number of imidazole rings is 1. The van der Waals surface area contributed by atoms with Crippen molar-refractivity contribution in [1.29, 1.82) is 5.41 Å². The van der Waals surface area contributed by atoms with Crippen LogP contribution in [0, 0.1) is 10.2 Å². The minimum Gasteiger partial charge on any atom is -0.438 e. The van der Waals surface area contributed by atoms with Gasteiger partial charge in [0.2, 0.25) is 5.55 Å². The number of anilines is 1. The topological polar surface area (TPSA) is 97.7 Å². The largest absolute Gasteiger partial charge is 0.438 e. The second-order valence-corrected chi connectivity index (χ2v) is 5.73. The van der Waals surface area contributed by atoms with E-state index in [-0.39, 0.29) is 11.1 Å². The van der Waals surface area contributed by atoms with E-state index in [1.807, 2.05) is 24.3 Å². The third-order valence-electron chi connectivity index (χ3n) is 3.69. The molecule has 0 saturated heterocycles. The fourth-order valence-corrected chi connectivity index (χ4v) is 2.78. The lowest BCUT2D eigenvalue weighted by Crippen LogP contribution is -2.20. The number of fused-ring (bicyclic) bond motifs is 2. The normalized spacial score (nSPS) is 11.0. The zero-order valence-corrected chi connectivity index (χ0v) is 13.2. The summed E-state index contributed by atoms with van der Waals surface area (Å²) in [6.07, 6.45) is 0. The van der Waals surface area contributed by atoms with E-state index in [1.54, 1.807) is 24.3 Å². The molecular formula is C17H12N4O2S. The lowest BCUT2D eigenvalue weighted by Gasteiger charge is -2.06. The van der Waals surface area contributed by atoms with Crippen LogP contribution < -0.4 is 10.9 Å². The van der Waals surface area contributed by atoms with Crippen molar-refractivity contribution in [1.82, 2.24) is 9.97 Å². The first-order valence-electron chi connectivity index (χ1n) is 7.21. The molecule has 2 aromatic carbocycles. The van der Waals surface area contributed by atoms with Gasteiger partial charge in [0.25, 0.3) is 5.91 Å². The summed E-state index contributed by atoms with van der Waals surface area (Å²) in [6, 6.07) is 14.3. The number of para-hydroxylation sites is 1. The molecule has 0 aliphatic rings. The number of hydrogen-bond donors (Lipinski definition) is 4. The van der Waals surface area contributed by atoms with Gasteiger partial charge >= 0.3 is 0 Å². The van der Waals surface area contributed by atoms with Crippen LogP contribution in [0.3, 0.4) is 0 Å². The summed E-state index contributed by atoms with van der Waals surface area (Å²) in [5.41, 5.74) is 2.83. The fourth-order valence-electron chi connectivity index (χ4n) is 2.56. The van der Waals surface area contributed by atoms with Crippen LogP contribution in [-0.2, 0) is 0 Å². The Hall–Kier alpha value is -3.19. The summed E-state index contributed by atoms with van der Waals surface area (Å²) in [5, 5.41) is 11.5. The highest BCUT2D eigenvalue weighted by Crippen LogP contribution is 2.18. The van der Waals surface area contributed by atoms with Gasteiger partial charge in [0.05, 0.1) is 11.0 Å². The fraction of sp³-hybridized carbons (Fsp3) is 0. The van der Waals surface area contributed by atoms with E-state index in [2.05, 4.69) is 15.3 Å². The van der Waals surface area contributed by atoms with Crippen LogP contribution in [-0.4, -0.2) is 15.9 Å². The molecular weight excluding hydrogens is 324 g/mol. The summed E-state index contributed by atoms with van der Waals surface area (Å²) in [4.78, 5) is 18.5. The number of nitrogens with one attached hydrogen (secondary N) is 4. The Morgan fingerprint density at radius 1 is 1.08 bits per heavy atom. The van der Waals surface area contributed by atoms with E-state index >= 15 is 0 Å². The van der Waals surface area contributed by atoms with Gasteiger partial charge in [-0.25, -0.2) is 0 Å². The average molecular weight is 336 g/mol. The minimum atomic E-state index is -0.400. The van der Waals surface area contributed by atoms with E-state index in [0.717, 1.165) is 16.4 Å². The standard InChI is InChI=1S/C17H12N4O2S/c18-15-11(7-9-3-1-2-4-14(9)23-15)16(22)19-10-5-6-12-13(8-10)21-17(24)20-12/h1-8,18H,(H,19,22)(H2,20,21,24). The maximum Gasteiger partial charge on any atom is 0.261 e. The third-order valence-corrected chi connectivity index (χ3v) is 3.90. The van der Waals surface area contributed by atoms with E-state index in [1.165, 1.54) is 0 Å². The molecule has 0 saturated carbocycles. The number of benzene rings is 2. The van der Waals surface area contributed by atoms with Crippen molar-refractivity contribution >= 4 is 45.8 Å². The first kappa shape index (κ1) is 14.4. The summed E-state index contributed by atoms with van der Waals surface area (Å²) < 4.78 is 5.93. The Balaban J connectivity index is 1.71. The summed E-state index contributed by atoms with van der Waals surface area (Å²) >= 11 is 5.05. The first-order valence-corrected chi connectivity index (χ1v) is 7.62. The van der Waals surface area contributed by atoms with Crippen LogP contribution >= 0.6 is 12.2 Å². The van der Waals surface area contributed by atoms with Crippen LogP contribution in [0.4, 0.5) is 5.69 Å². The molecule has 0 fully saturated rings. The molecule has 1 amide bonds. The lowest BCUT2D eigenvalue weighted by molar-refractivity contribution is 0.102. The van der Waals surface area contributed by atoms with Crippen molar-refractivity contribution in [2.24, 2.45) is 0 Å². The highest BCUT2D eigenvalue weighted by atomic mass is 32.1.